The molecule has 5 nitrogen and oxygen atoms in total. The van der Waals surface area contributed by atoms with Crippen molar-refractivity contribution in [1.29, 1.82) is 0 Å². The Morgan fingerprint density at radius 3 is 2.71 bits per heavy atom. The van der Waals surface area contributed by atoms with Crippen LogP contribution < -0.4 is 5.73 Å². The molecule has 1 aliphatic rings. The van der Waals surface area contributed by atoms with Crippen LogP contribution in [-0.4, -0.2) is 42.0 Å². The lowest BCUT2D eigenvalue weighted by Crippen LogP contribution is -2.45. The third kappa shape index (κ3) is 3.37. The smallest absolute Gasteiger partial charge is 0.243 e. The number of nitrogens with two attached hydrogens (primary N) is 1. The van der Waals surface area contributed by atoms with E-state index in [-0.39, 0.29) is 27.4 Å². The second-order valence-corrected chi connectivity index (χ2v) is 7.99. The van der Waals surface area contributed by atoms with E-state index in [0.29, 0.717) is 18.5 Å². The van der Waals surface area contributed by atoms with Gasteiger partial charge in [-0.25, -0.2) is 8.42 Å². The molecule has 8 heteroatoms. The molecule has 0 radical (unpaired) electrons. The Bertz CT molecular complexity index is 663. The molecule has 0 aromatic heterocycles. The first kappa shape index (κ1) is 16.6. The highest BCUT2D eigenvalue weighted by molar-refractivity contribution is 7.89. The predicted octanol–water partition coefficient (Wildman–Crippen LogP) is 1.37. The summed E-state index contributed by atoms with van der Waals surface area (Å²) in [7, 11) is -3.68. The molecule has 0 bridgehead atoms. The fraction of sp³-hybridized carbons (Fsp3) is 0.462. The number of β-amino-alcohol motifs (C(OH)–C–C–N with tert-alkyl or cyclic N) is 1. The SMILES string of the molecule is CC1CCN(S(=O)(=O)c2ccc(C(N)=S)c(Cl)c2)CC1O. The molecule has 2 unspecified atom stereocenters. The van der Waals surface area contributed by atoms with E-state index in [1.54, 1.807) is 0 Å². The standard InChI is InChI=1S/C13H17ClN2O3S2/c1-8-4-5-16(7-12(8)17)21(18,19)9-2-3-10(13(15)20)11(14)6-9/h2-3,6,8,12,17H,4-5,7H2,1H3,(H2,15,20). The molecule has 1 fully saturated rings. The highest BCUT2D eigenvalue weighted by Crippen LogP contribution is 2.27. The van der Waals surface area contributed by atoms with Gasteiger partial charge in [0.2, 0.25) is 10.0 Å². The van der Waals surface area contributed by atoms with Crippen LogP contribution in [0.3, 0.4) is 0 Å². The molecule has 21 heavy (non-hydrogen) atoms. The van der Waals surface area contributed by atoms with E-state index in [1.807, 2.05) is 6.92 Å². The van der Waals surface area contributed by atoms with Crippen molar-refractivity contribution in [2.45, 2.75) is 24.3 Å². The third-order valence-electron chi connectivity index (χ3n) is 3.73. The second kappa shape index (κ2) is 6.18. The first-order valence-electron chi connectivity index (χ1n) is 6.51. The summed E-state index contributed by atoms with van der Waals surface area (Å²) in [6.45, 7) is 2.38. The molecule has 1 heterocycles. The maximum atomic E-state index is 12.6. The van der Waals surface area contributed by atoms with Crippen molar-refractivity contribution in [2.75, 3.05) is 13.1 Å². The molecule has 0 aliphatic carbocycles. The largest absolute Gasteiger partial charge is 0.391 e. The molecular weight excluding hydrogens is 332 g/mol. The monoisotopic (exact) mass is 348 g/mol. The molecule has 2 atom stereocenters. The molecule has 116 valence electrons. The van der Waals surface area contributed by atoms with Gasteiger partial charge in [0.1, 0.15) is 4.99 Å². The van der Waals surface area contributed by atoms with Crippen molar-refractivity contribution < 1.29 is 13.5 Å². The zero-order chi connectivity index (χ0) is 15.8. The number of thiocarbonyl (C=S) groups is 1. The molecule has 3 N–H and O–H groups in total. The van der Waals surface area contributed by atoms with Crippen LogP contribution in [0.4, 0.5) is 0 Å². The van der Waals surface area contributed by atoms with E-state index in [9.17, 15) is 13.5 Å². The van der Waals surface area contributed by atoms with Crippen molar-refractivity contribution in [1.82, 2.24) is 4.31 Å². The molecule has 2 rings (SSSR count). The van der Waals surface area contributed by atoms with Crippen molar-refractivity contribution in [3.8, 4) is 0 Å². The van der Waals surface area contributed by atoms with Gasteiger partial charge in [-0.2, -0.15) is 4.31 Å². The fourth-order valence-corrected chi connectivity index (χ4v) is 4.32. The number of sulfonamides is 1. The Balaban J connectivity index is 2.32. The maximum absolute atomic E-state index is 12.6. The lowest BCUT2D eigenvalue weighted by molar-refractivity contribution is 0.0605. The van der Waals surface area contributed by atoms with E-state index < -0.39 is 16.1 Å². The van der Waals surface area contributed by atoms with E-state index in [4.69, 9.17) is 29.6 Å². The van der Waals surface area contributed by atoms with Crippen LogP contribution in [0.25, 0.3) is 0 Å². The average Bonchev–Trinajstić information content (AvgIpc) is 2.41. The van der Waals surface area contributed by atoms with E-state index in [1.165, 1.54) is 22.5 Å². The van der Waals surface area contributed by atoms with E-state index >= 15 is 0 Å². The van der Waals surface area contributed by atoms with Crippen LogP contribution in [-0.2, 0) is 10.0 Å². The Kier molecular flexibility index (Phi) is 4.89. The molecule has 0 saturated carbocycles. The summed E-state index contributed by atoms with van der Waals surface area (Å²) in [4.78, 5) is 0.195. The molecule has 0 amide bonds. The summed E-state index contributed by atoms with van der Waals surface area (Å²) in [6, 6.07) is 4.27. The van der Waals surface area contributed by atoms with Gasteiger partial charge < -0.3 is 10.8 Å². The van der Waals surface area contributed by atoms with Crippen LogP contribution in [0.15, 0.2) is 23.1 Å². The number of aliphatic hydroxyl groups is 1. The minimum Gasteiger partial charge on any atom is -0.391 e. The summed E-state index contributed by atoms with van der Waals surface area (Å²) in [5.74, 6) is 0.0945. The van der Waals surface area contributed by atoms with Crippen molar-refractivity contribution in [3.63, 3.8) is 0 Å². The number of benzene rings is 1. The number of piperidine rings is 1. The van der Waals surface area contributed by atoms with E-state index in [2.05, 4.69) is 0 Å². The average molecular weight is 349 g/mol. The number of aliphatic hydroxyl groups excluding tert-OH is 1. The van der Waals surface area contributed by atoms with Gasteiger partial charge in [-0.3, -0.25) is 0 Å². The van der Waals surface area contributed by atoms with Gasteiger partial charge in [0.25, 0.3) is 0 Å². The number of hydrogen-bond acceptors (Lipinski definition) is 4. The predicted molar refractivity (Wildman–Crippen MR) is 85.9 cm³/mol. The van der Waals surface area contributed by atoms with Gasteiger partial charge in [0.05, 0.1) is 16.0 Å². The highest BCUT2D eigenvalue weighted by atomic mass is 35.5. The van der Waals surface area contributed by atoms with Gasteiger partial charge in [0.15, 0.2) is 0 Å². The molecule has 0 spiro atoms. The molecule has 1 aliphatic heterocycles. The third-order valence-corrected chi connectivity index (χ3v) is 6.12. The summed E-state index contributed by atoms with van der Waals surface area (Å²) in [5.41, 5.74) is 5.95. The lowest BCUT2D eigenvalue weighted by atomic mass is 9.98. The molecule has 1 aromatic rings. The Labute approximate surface area is 134 Å². The van der Waals surface area contributed by atoms with Crippen molar-refractivity contribution in [2.24, 2.45) is 11.7 Å². The minimum atomic E-state index is -3.68. The molecule has 1 aromatic carbocycles. The number of hydrogen-bond donors (Lipinski definition) is 2. The highest BCUT2D eigenvalue weighted by Gasteiger charge is 2.33. The Morgan fingerprint density at radius 2 is 2.19 bits per heavy atom. The topological polar surface area (TPSA) is 83.6 Å². The van der Waals surface area contributed by atoms with E-state index in [0.717, 1.165) is 0 Å². The number of halogens is 1. The normalized spacial score (nSPS) is 24.0. The first-order chi connectivity index (χ1) is 9.73. The number of nitrogens with zero attached hydrogens (tertiary/aromatic N) is 1. The molecular formula is C13H17ClN2O3S2. The van der Waals surface area contributed by atoms with Gasteiger partial charge in [-0.05, 0) is 30.5 Å². The Hall–Kier alpha value is -0.730. The fourth-order valence-electron chi connectivity index (χ4n) is 2.24. The van der Waals surface area contributed by atoms with Crippen molar-refractivity contribution >= 4 is 38.8 Å². The quantitative estimate of drug-likeness (QED) is 0.806. The van der Waals surface area contributed by atoms with Crippen LogP contribution in [0.5, 0.6) is 0 Å². The summed E-state index contributed by atoms with van der Waals surface area (Å²) >= 11 is 10.9. The zero-order valence-corrected chi connectivity index (χ0v) is 13.9. The lowest BCUT2D eigenvalue weighted by Gasteiger charge is -2.33. The van der Waals surface area contributed by atoms with Gasteiger partial charge >= 0.3 is 0 Å². The molecule has 1 saturated heterocycles. The van der Waals surface area contributed by atoms with Crippen molar-refractivity contribution in [3.05, 3.63) is 28.8 Å². The second-order valence-electron chi connectivity index (χ2n) is 5.20. The summed E-state index contributed by atoms with van der Waals surface area (Å²) in [5, 5.41) is 10.1. The van der Waals surface area contributed by atoms with Crippen LogP contribution >= 0.6 is 23.8 Å². The van der Waals surface area contributed by atoms with Gasteiger partial charge in [-0.1, -0.05) is 30.7 Å². The summed E-state index contributed by atoms with van der Waals surface area (Å²) < 4.78 is 26.4. The van der Waals surface area contributed by atoms with Crippen LogP contribution in [0.1, 0.15) is 18.9 Å². The first-order valence-corrected chi connectivity index (χ1v) is 8.73. The van der Waals surface area contributed by atoms with Crippen LogP contribution in [0, 0.1) is 5.92 Å². The minimum absolute atomic E-state index is 0.0780. The summed E-state index contributed by atoms with van der Waals surface area (Å²) in [6.07, 6.45) is -0.0288. The van der Waals surface area contributed by atoms with Gasteiger partial charge in [-0.15, -0.1) is 0 Å². The Morgan fingerprint density at radius 1 is 1.52 bits per heavy atom. The number of rotatable bonds is 3. The maximum Gasteiger partial charge on any atom is 0.243 e. The van der Waals surface area contributed by atoms with Gasteiger partial charge in [0, 0.05) is 18.7 Å². The van der Waals surface area contributed by atoms with Crippen LogP contribution in [0.2, 0.25) is 5.02 Å². The zero-order valence-electron chi connectivity index (χ0n) is 11.5.